The standard InChI is InChI=1S/C12H20N2O3/c1-4-7-13(5-2)12(17)14-8-6-10(9(14)3)11(15)16/h4,9-10H,1,5-8H2,2-3H3,(H,15,16). The van der Waals surface area contributed by atoms with E-state index in [2.05, 4.69) is 6.58 Å². The molecule has 2 unspecified atom stereocenters. The van der Waals surface area contributed by atoms with Crippen LogP contribution >= 0.6 is 0 Å². The lowest BCUT2D eigenvalue weighted by Crippen LogP contribution is -2.46. The summed E-state index contributed by atoms with van der Waals surface area (Å²) in [6.45, 7) is 8.93. The highest BCUT2D eigenvalue weighted by Gasteiger charge is 2.39. The summed E-state index contributed by atoms with van der Waals surface area (Å²) >= 11 is 0. The molecule has 1 saturated heterocycles. The molecule has 0 aromatic rings. The van der Waals surface area contributed by atoms with E-state index >= 15 is 0 Å². The summed E-state index contributed by atoms with van der Waals surface area (Å²) in [6.07, 6.45) is 2.21. The number of carbonyl (C=O) groups is 2. The van der Waals surface area contributed by atoms with Crippen LogP contribution in [0.25, 0.3) is 0 Å². The van der Waals surface area contributed by atoms with Crippen molar-refractivity contribution >= 4 is 12.0 Å². The largest absolute Gasteiger partial charge is 0.481 e. The van der Waals surface area contributed by atoms with Crippen LogP contribution in [0.5, 0.6) is 0 Å². The van der Waals surface area contributed by atoms with Gasteiger partial charge in [0.15, 0.2) is 0 Å². The molecule has 17 heavy (non-hydrogen) atoms. The minimum absolute atomic E-state index is 0.0938. The second-order valence-electron chi connectivity index (χ2n) is 4.28. The van der Waals surface area contributed by atoms with Crippen molar-refractivity contribution in [1.82, 2.24) is 9.80 Å². The number of hydrogen-bond donors (Lipinski definition) is 1. The molecule has 0 saturated carbocycles. The van der Waals surface area contributed by atoms with E-state index in [0.29, 0.717) is 26.1 Å². The third-order valence-electron chi connectivity index (χ3n) is 3.32. The van der Waals surface area contributed by atoms with Crippen molar-refractivity contribution < 1.29 is 14.7 Å². The van der Waals surface area contributed by atoms with Gasteiger partial charge in [-0.05, 0) is 20.3 Å². The van der Waals surface area contributed by atoms with Crippen LogP contribution in [-0.2, 0) is 4.79 Å². The van der Waals surface area contributed by atoms with Gasteiger partial charge in [0, 0.05) is 25.7 Å². The molecule has 2 amide bonds. The lowest BCUT2D eigenvalue weighted by molar-refractivity contribution is -0.142. The summed E-state index contributed by atoms with van der Waals surface area (Å²) in [5.74, 6) is -1.26. The number of likely N-dealkylation sites (N-methyl/N-ethyl adjacent to an activating group) is 1. The van der Waals surface area contributed by atoms with Gasteiger partial charge in [-0.1, -0.05) is 6.08 Å². The Bertz CT molecular complexity index is 317. The molecule has 96 valence electrons. The summed E-state index contributed by atoms with van der Waals surface area (Å²) in [5, 5.41) is 9.01. The summed E-state index contributed by atoms with van der Waals surface area (Å²) in [6, 6.07) is -0.331. The van der Waals surface area contributed by atoms with Gasteiger partial charge in [-0.25, -0.2) is 4.79 Å². The summed E-state index contributed by atoms with van der Waals surface area (Å²) in [7, 11) is 0. The molecule has 0 aromatic heterocycles. The lowest BCUT2D eigenvalue weighted by atomic mass is 10.0. The number of rotatable bonds is 4. The summed E-state index contributed by atoms with van der Waals surface area (Å²) in [5.41, 5.74) is 0. The molecular weight excluding hydrogens is 220 g/mol. The van der Waals surface area contributed by atoms with Gasteiger partial charge in [-0.3, -0.25) is 4.79 Å². The van der Waals surface area contributed by atoms with Gasteiger partial charge in [0.1, 0.15) is 0 Å². The SMILES string of the molecule is C=CCN(CC)C(=O)N1CCC(C(=O)O)C1C. The number of nitrogens with zero attached hydrogens (tertiary/aromatic N) is 2. The van der Waals surface area contributed by atoms with Crippen LogP contribution in [0.4, 0.5) is 4.79 Å². The van der Waals surface area contributed by atoms with Crippen molar-refractivity contribution in [3.8, 4) is 0 Å². The fraction of sp³-hybridized carbons (Fsp3) is 0.667. The molecule has 5 heteroatoms. The van der Waals surface area contributed by atoms with E-state index in [1.165, 1.54) is 0 Å². The minimum Gasteiger partial charge on any atom is -0.481 e. The van der Waals surface area contributed by atoms with Crippen LogP contribution in [0.2, 0.25) is 0 Å². The van der Waals surface area contributed by atoms with Gasteiger partial charge in [0.2, 0.25) is 0 Å². The fourth-order valence-electron chi connectivity index (χ4n) is 2.22. The van der Waals surface area contributed by atoms with Gasteiger partial charge < -0.3 is 14.9 Å². The first-order chi connectivity index (χ1) is 8.02. The fourth-order valence-corrected chi connectivity index (χ4v) is 2.22. The Balaban J connectivity index is 2.70. The lowest BCUT2D eigenvalue weighted by Gasteiger charge is -2.29. The molecule has 1 aliphatic rings. The normalized spacial score (nSPS) is 23.5. The third-order valence-corrected chi connectivity index (χ3v) is 3.32. The van der Waals surface area contributed by atoms with E-state index in [-0.39, 0.29) is 12.1 Å². The van der Waals surface area contributed by atoms with Crippen LogP contribution < -0.4 is 0 Å². The van der Waals surface area contributed by atoms with Crippen LogP contribution in [0, 0.1) is 5.92 Å². The maximum Gasteiger partial charge on any atom is 0.320 e. The maximum absolute atomic E-state index is 12.2. The zero-order valence-corrected chi connectivity index (χ0v) is 10.4. The zero-order chi connectivity index (χ0) is 13.0. The van der Waals surface area contributed by atoms with Crippen molar-refractivity contribution in [2.75, 3.05) is 19.6 Å². The minimum atomic E-state index is -0.820. The Labute approximate surface area is 102 Å². The van der Waals surface area contributed by atoms with Crippen LogP contribution in [-0.4, -0.2) is 52.6 Å². The van der Waals surface area contributed by atoms with Gasteiger partial charge in [-0.2, -0.15) is 0 Å². The molecular formula is C12H20N2O3. The van der Waals surface area contributed by atoms with E-state index in [1.807, 2.05) is 6.92 Å². The van der Waals surface area contributed by atoms with Gasteiger partial charge >= 0.3 is 12.0 Å². The average molecular weight is 240 g/mol. The number of hydrogen-bond acceptors (Lipinski definition) is 2. The highest BCUT2D eigenvalue weighted by molar-refractivity contribution is 5.78. The topological polar surface area (TPSA) is 60.9 Å². The first-order valence-corrected chi connectivity index (χ1v) is 5.92. The molecule has 1 fully saturated rings. The molecule has 1 aliphatic heterocycles. The Morgan fingerprint density at radius 2 is 2.24 bits per heavy atom. The number of carbonyl (C=O) groups excluding carboxylic acids is 1. The average Bonchev–Trinajstić information content (AvgIpc) is 2.67. The Morgan fingerprint density at radius 3 is 2.65 bits per heavy atom. The number of carboxylic acid groups (broad SMARTS) is 1. The highest BCUT2D eigenvalue weighted by Crippen LogP contribution is 2.25. The maximum atomic E-state index is 12.2. The molecule has 1 rings (SSSR count). The first kappa shape index (κ1) is 13.5. The van der Waals surface area contributed by atoms with Gasteiger partial charge in [0.25, 0.3) is 0 Å². The van der Waals surface area contributed by atoms with E-state index in [9.17, 15) is 9.59 Å². The van der Waals surface area contributed by atoms with Gasteiger partial charge in [-0.15, -0.1) is 6.58 Å². The van der Waals surface area contributed by atoms with Crippen molar-refractivity contribution in [1.29, 1.82) is 0 Å². The highest BCUT2D eigenvalue weighted by atomic mass is 16.4. The van der Waals surface area contributed by atoms with Crippen molar-refractivity contribution in [2.45, 2.75) is 26.3 Å². The molecule has 5 nitrogen and oxygen atoms in total. The van der Waals surface area contributed by atoms with E-state index < -0.39 is 11.9 Å². The van der Waals surface area contributed by atoms with Crippen molar-refractivity contribution in [3.05, 3.63) is 12.7 Å². The number of aliphatic carboxylic acids is 1. The molecule has 0 aliphatic carbocycles. The summed E-state index contributed by atoms with van der Waals surface area (Å²) in [4.78, 5) is 26.4. The monoisotopic (exact) mass is 240 g/mol. The number of urea groups is 1. The second-order valence-corrected chi connectivity index (χ2v) is 4.28. The predicted molar refractivity (Wildman–Crippen MR) is 64.8 cm³/mol. The molecule has 1 heterocycles. The number of likely N-dealkylation sites (tertiary alicyclic amines) is 1. The molecule has 1 N–H and O–H groups in total. The zero-order valence-electron chi connectivity index (χ0n) is 10.4. The van der Waals surface area contributed by atoms with Crippen LogP contribution in [0.1, 0.15) is 20.3 Å². The van der Waals surface area contributed by atoms with Crippen LogP contribution in [0.15, 0.2) is 12.7 Å². The van der Waals surface area contributed by atoms with E-state index in [4.69, 9.17) is 5.11 Å². The first-order valence-electron chi connectivity index (χ1n) is 5.92. The Morgan fingerprint density at radius 1 is 1.59 bits per heavy atom. The predicted octanol–water partition coefficient (Wildman–Crippen LogP) is 1.41. The Hall–Kier alpha value is -1.52. The smallest absolute Gasteiger partial charge is 0.320 e. The molecule has 0 radical (unpaired) electrons. The quantitative estimate of drug-likeness (QED) is 0.756. The molecule has 0 aromatic carbocycles. The van der Waals surface area contributed by atoms with E-state index in [1.54, 1.807) is 22.8 Å². The molecule has 2 atom stereocenters. The van der Waals surface area contributed by atoms with Crippen molar-refractivity contribution in [3.63, 3.8) is 0 Å². The number of amides is 2. The van der Waals surface area contributed by atoms with Crippen molar-refractivity contribution in [2.24, 2.45) is 5.92 Å². The van der Waals surface area contributed by atoms with E-state index in [0.717, 1.165) is 0 Å². The number of carboxylic acids is 1. The molecule has 0 spiro atoms. The Kier molecular flexibility index (Phi) is 4.54. The molecule has 0 bridgehead atoms. The third kappa shape index (κ3) is 2.78. The van der Waals surface area contributed by atoms with Gasteiger partial charge in [0.05, 0.1) is 5.92 Å². The van der Waals surface area contributed by atoms with Crippen LogP contribution in [0.3, 0.4) is 0 Å². The second kappa shape index (κ2) is 5.70. The summed E-state index contributed by atoms with van der Waals surface area (Å²) < 4.78 is 0.